The third-order valence-corrected chi connectivity index (χ3v) is 6.08. The first-order chi connectivity index (χ1) is 15.9. The first-order valence-corrected chi connectivity index (χ1v) is 10.6. The van der Waals surface area contributed by atoms with Gasteiger partial charge in [0.2, 0.25) is 10.6 Å². The van der Waals surface area contributed by atoms with E-state index in [-0.39, 0.29) is 53.2 Å². The van der Waals surface area contributed by atoms with Crippen molar-refractivity contribution in [2.45, 2.75) is 6.42 Å². The van der Waals surface area contributed by atoms with E-state index in [1.54, 1.807) is 23.2 Å². The van der Waals surface area contributed by atoms with Crippen LogP contribution in [0.3, 0.4) is 0 Å². The molecule has 10 nitrogen and oxygen atoms in total. The molecule has 4 aromatic rings. The summed E-state index contributed by atoms with van der Waals surface area (Å²) in [5, 5.41) is 9.48. The largest absolute Gasteiger partial charge is 0.477 e. The Bertz CT molecular complexity index is 1430. The second-order valence-corrected chi connectivity index (χ2v) is 8.26. The second-order valence-electron chi connectivity index (χ2n) is 7.50. The Kier molecular flexibility index (Phi) is 5.13. The van der Waals surface area contributed by atoms with E-state index < -0.39 is 22.8 Å². The molecule has 0 aliphatic carbocycles. The average molecular weight is 466 g/mol. The molecule has 0 spiro atoms. The van der Waals surface area contributed by atoms with Crippen LogP contribution in [0.4, 0.5) is 10.2 Å². The fraction of sp³-hybridized carbons (Fsp3) is 0.190. The van der Waals surface area contributed by atoms with Crippen LogP contribution < -0.4 is 10.3 Å². The predicted molar refractivity (Wildman–Crippen MR) is 116 cm³/mol. The van der Waals surface area contributed by atoms with Crippen molar-refractivity contribution in [2.24, 2.45) is 5.92 Å². The van der Waals surface area contributed by atoms with E-state index in [9.17, 15) is 23.9 Å². The van der Waals surface area contributed by atoms with Gasteiger partial charge in [-0.15, -0.1) is 0 Å². The van der Waals surface area contributed by atoms with E-state index in [1.807, 2.05) is 6.07 Å². The van der Waals surface area contributed by atoms with Gasteiger partial charge in [0.25, 0.3) is 0 Å². The zero-order valence-corrected chi connectivity index (χ0v) is 17.7. The summed E-state index contributed by atoms with van der Waals surface area (Å²) in [4.78, 5) is 50.8. The number of nitrogens with zero attached hydrogens (tertiary/aromatic N) is 6. The number of carboxylic acid groups (broad SMARTS) is 1. The van der Waals surface area contributed by atoms with Gasteiger partial charge in [0.05, 0.1) is 11.3 Å². The van der Waals surface area contributed by atoms with Gasteiger partial charge < -0.3 is 10.0 Å². The molecular weight excluding hydrogens is 451 g/mol. The Balaban J connectivity index is 1.48. The summed E-state index contributed by atoms with van der Waals surface area (Å²) in [7, 11) is 0. The van der Waals surface area contributed by atoms with Crippen molar-refractivity contribution in [3.8, 4) is 5.13 Å². The minimum Gasteiger partial charge on any atom is -0.477 e. The molecule has 0 amide bonds. The van der Waals surface area contributed by atoms with Gasteiger partial charge in [0.1, 0.15) is 17.7 Å². The van der Waals surface area contributed by atoms with Crippen molar-refractivity contribution in [2.75, 3.05) is 18.0 Å². The van der Waals surface area contributed by atoms with Crippen molar-refractivity contribution in [3.05, 3.63) is 70.3 Å². The summed E-state index contributed by atoms with van der Waals surface area (Å²) >= 11 is 0.969. The number of fused-ring (bicyclic) bond motifs is 1. The van der Waals surface area contributed by atoms with E-state index in [2.05, 4.69) is 19.3 Å². The molecule has 1 N–H and O–H groups in total. The summed E-state index contributed by atoms with van der Waals surface area (Å²) in [5.74, 6) is -2.53. The number of aromatic nitrogens is 5. The van der Waals surface area contributed by atoms with Gasteiger partial charge in [0, 0.05) is 49.1 Å². The van der Waals surface area contributed by atoms with Gasteiger partial charge in [-0.1, -0.05) is 6.07 Å². The lowest BCUT2D eigenvalue weighted by molar-refractivity contribution is -0.123. The fourth-order valence-corrected chi connectivity index (χ4v) is 4.20. The maximum atomic E-state index is 14.9. The Morgan fingerprint density at radius 3 is 2.73 bits per heavy atom. The minimum absolute atomic E-state index is 0.00279. The Hall–Kier alpha value is -4.06. The number of carbonyl (C=O) groups excluding carboxylic acids is 1. The lowest BCUT2D eigenvalue weighted by Crippen LogP contribution is -2.51. The van der Waals surface area contributed by atoms with Crippen LogP contribution in [0.15, 0.2) is 47.8 Å². The topological polar surface area (TPSA) is 131 Å². The molecule has 1 aliphatic rings. The van der Waals surface area contributed by atoms with Crippen molar-refractivity contribution < 1.29 is 19.1 Å². The Labute approximate surface area is 189 Å². The van der Waals surface area contributed by atoms with Crippen molar-refractivity contribution in [1.29, 1.82) is 0 Å². The van der Waals surface area contributed by atoms with Gasteiger partial charge in [0.15, 0.2) is 17.3 Å². The third kappa shape index (κ3) is 3.74. The highest BCUT2D eigenvalue weighted by Crippen LogP contribution is 2.29. The Morgan fingerprint density at radius 1 is 1.24 bits per heavy atom. The average Bonchev–Trinajstić information content (AvgIpc) is 3.29. The van der Waals surface area contributed by atoms with E-state index in [0.29, 0.717) is 5.69 Å². The number of Topliss-reactive ketones (excluding diaryl/α,β-unsaturated/α-hetero) is 1. The normalized spacial score (nSPS) is 13.8. The molecular formula is C21H15FN6O4S. The van der Waals surface area contributed by atoms with Crippen LogP contribution in [0.2, 0.25) is 0 Å². The Morgan fingerprint density at radius 2 is 2.06 bits per heavy atom. The number of aromatic carboxylic acids is 1. The van der Waals surface area contributed by atoms with Crippen LogP contribution >= 0.6 is 11.5 Å². The summed E-state index contributed by atoms with van der Waals surface area (Å²) in [6, 6.07) is 6.34. The maximum absolute atomic E-state index is 14.9. The van der Waals surface area contributed by atoms with E-state index in [1.165, 1.54) is 10.9 Å². The SMILES string of the molecule is O=C(O)c1cn(-c2ncns2)c2nc(N3CC(C(=O)Cc4ccccn4)C3)c(F)cc2c1=O. The third-order valence-electron chi connectivity index (χ3n) is 5.42. The number of hydrogen-bond acceptors (Lipinski definition) is 9. The molecule has 5 rings (SSSR count). The number of carboxylic acids is 1. The molecule has 0 saturated carbocycles. The van der Waals surface area contributed by atoms with Crippen LogP contribution in [0.1, 0.15) is 16.1 Å². The summed E-state index contributed by atoms with van der Waals surface area (Å²) in [6.45, 7) is 0.550. The molecule has 4 aromatic heterocycles. The van der Waals surface area contributed by atoms with Gasteiger partial charge in [-0.25, -0.2) is 19.2 Å². The number of carbonyl (C=O) groups is 2. The summed E-state index contributed by atoms with van der Waals surface area (Å²) < 4.78 is 20.1. The van der Waals surface area contributed by atoms with Crippen molar-refractivity contribution >= 4 is 40.1 Å². The molecule has 0 atom stereocenters. The van der Waals surface area contributed by atoms with Crippen LogP contribution in [-0.2, 0) is 11.2 Å². The smallest absolute Gasteiger partial charge is 0.341 e. The number of pyridine rings is 3. The second kappa shape index (κ2) is 8.13. The number of halogens is 1. The molecule has 1 fully saturated rings. The molecule has 166 valence electrons. The maximum Gasteiger partial charge on any atom is 0.341 e. The van der Waals surface area contributed by atoms with Crippen molar-refractivity contribution in [3.63, 3.8) is 0 Å². The van der Waals surface area contributed by atoms with E-state index in [0.717, 1.165) is 23.8 Å². The molecule has 0 unspecified atom stereocenters. The van der Waals surface area contributed by atoms with Crippen LogP contribution in [0, 0.1) is 11.7 Å². The number of rotatable bonds is 6. The number of hydrogen-bond donors (Lipinski definition) is 1. The van der Waals surface area contributed by atoms with Gasteiger partial charge in [-0.3, -0.25) is 19.1 Å². The zero-order valence-electron chi connectivity index (χ0n) is 16.9. The lowest BCUT2D eigenvalue weighted by Gasteiger charge is -2.39. The number of anilines is 1. The van der Waals surface area contributed by atoms with E-state index in [4.69, 9.17) is 0 Å². The molecule has 0 aromatic carbocycles. The minimum atomic E-state index is -1.44. The van der Waals surface area contributed by atoms with Gasteiger partial charge in [-0.2, -0.15) is 4.37 Å². The molecule has 0 radical (unpaired) electrons. The molecule has 1 saturated heterocycles. The molecule has 33 heavy (non-hydrogen) atoms. The summed E-state index contributed by atoms with van der Waals surface area (Å²) in [5.41, 5.74) is -0.647. The highest BCUT2D eigenvalue weighted by Gasteiger charge is 2.35. The number of ketones is 1. The first-order valence-electron chi connectivity index (χ1n) is 9.86. The first kappa shape index (κ1) is 20.8. The monoisotopic (exact) mass is 466 g/mol. The van der Waals surface area contributed by atoms with Crippen LogP contribution in [0.5, 0.6) is 0 Å². The lowest BCUT2D eigenvalue weighted by atomic mass is 9.92. The van der Waals surface area contributed by atoms with Crippen molar-refractivity contribution in [1.82, 2.24) is 23.9 Å². The highest BCUT2D eigenvalue weighted by molar-refractivity contribution is 7.08. The van der Waals surface area contributed by atoms with E-state index >= 15 is 0 Å². The zero-order chi connectivity index (χ0) is 23.1. The fourth-order valence-electron chi connectivity index (χ4n) is 3.69. The molecule has 5 heterocycles. The van der Waals surface area contributed by atoms with Gasteiger partial charge in [-0.05, 0) is 18.2 Å². The quantitative estimate of drug-likeness (QED) is 0.451. The van der Waals surface area contributed by atoms with Crippen LogP contribution in [-0.4, -0.2) is 53.8 Å². The molecule has 1 aliphatic heterocycles. The standard InChI is InChI=1S/C21H15FN6O4S/c22-15-6-13-17(30)14(20(31)32)9-28(21-24-10-25-33-21)18(13)26-19(15)27-7-11(8-27)16(29)5-12-3-1-2-4-23-12/h1-4,6,9-11H,5,7-8H2,(H,31,32). The van der Waals surface area contributed by atoms with Gasteiger partial charge >= 0.3 is 5.97 Å². The highest BCUT2D eigenvalue weighted by atomic mass is 32.1. The molecule has 0 bridgehead atoms. The molecule has 12 heteroatoms. The van der Waals surface area contributed by atoms with Crippen LogP contribution in [0.25, 0.3) is 16.2 Å². The summed E-state index contributed by atoms with van der Waals surface area (Å²) in [6.07, 6.45) is 4.21. The predicted octanol–water partition coefficient (Wildman–Crippen LogP) is 1.72.